The molecule has 4 aromatic rings. The number of H-pyrrole nitrogens is 2. The molecule has 0 spiro atoms. The molecule has 4 nitrogen and oxygen atoms in total. The van der Waals surface area contributed by atoms with E-state index in [-0.39, 0.29) is 0 Å². The summed E-state index contributed by atoms with van der Waals surface area (Å²) >= 11 is 0. The van der Waals surface area contributed by atoms with Gasteiger partial charge in [-0.2, -0.15) is 5.10 Å². The van der Waals surface area contributed by atoms with Gasteiger partial charge in [0.05, 0.1) is 17.2 Å². The van der Waals surface area contributed by atoms with E-state index in [1.807, 2.05) is 6.20 Å². The molecule has 0 bridgehead atoms. The molecule has 0 unspecified atom stereocenters. The maximum Gasteiger partial charge on any atom is 0.156 e. The molecule has 2 heterocycles. The Hall–Kier alpha value is -2.88. The molecule has 23 heavy (non-hydrogen) atoms. The van der Waals surface area contributed by atoms with Crippen molar-refractivity contribution in [2.75, 3.05) is 0 Å². The van der Waals surface area contributed by atoms with Gasteiger partial charge < -0.3 is 4.98 Å². The predicted molar refractivity (Wildman–Crippen MR) is 93.2 cm³/mol. The van der Waals surface area contributed by atoms with Crippen molar-refractivity contribution >= 4 is 11.0 Å². The average molecular weight is 302 g/mol. The second-order valence-electron chi connectivity index (χ2n) is 5.81. The Labute approximate surface area is 134 Å². The van der Waals surface area contributed by atoms with E-state index >= 15 is 0 Å². The normalized spacial score (nSPS) is 11.2. The summed E-state index contributed by atoms with van der Waals surface area (Å²) in [6.07, 6.45) is 2.79. The van der Waals surface area contributed by atoms with Crippen LogP contribution in [0.15, 0.2) is 48.7 Å². The smallest absolute Gasteiger partial charge is 0.156 e. The summed E-state index contributed by atoms with van der Waals surface area (Å²) in [5.41, 5.74) is 7.81. The number of hydrogen-bond donors (Lipinski definition) is 2. The minimum absolute atomic E-state index is 0.843. The molecule has 0 aliphatic carbocycles. The Balaban J connectivity index is 1.79. The van der Waals surface area contributed by atoms with Crippen LogP contribution < -0.4 is 0 Å². The highest BCUT2D eigenvalue weighted by Gasteiger charge is 2.11. The monoisotopic (exact) mass is 302 g/mol. The number of benzene rings is 2. The Morgan fingerprint density at radius 1 is 1.00 bits per heavy atom. The number of imidazole rings is 1. The second-order valence-corrected chi connectivity index (χ2v) is 5.81. The fourth-order valence-corrected chi connectivity index (χ4v) is 2.84. The van der Waals surface area contributed by atoms with Crippen molar-refractivity contribution in [1.82, 2.24) is 20.2 Å². The minimum atomic E-state index is 0.843. The molecule has 2 aromatic carbocycles. The van der Waals surface area contributed by atoms with Crippen LogP contribution in [0.3, 0.4) is 0 Å². The fraction of sp³-hybridized carbons (Fsp3) is 0.158. The molecule has 2 N–H and O–H groups in total. The number of rotatable bonds is 3. The summed E-state index contributed by atoms with van der Waals surface area (Å²) in [6, 6.07) is 14.9. The van der Waals surface area contributed by atoms with Crippen LogP contribution in [0.5, 0.6) is 0 Å². The number of aryl methyl sites for hydroxylation is 2. The van der Waals surface area contributed by atoms with Crippen molar-refractivity contribution in [2.24, 2.45) is 0 Å². The van der Waals surface area contributed by atoms with E-state index in [0.717, 1.165) is 29.0 Å². The van der Waals surface area contributed by atoms with Crippen LogP contribution in [-0.2, 0) is 6.42 Å². The van der Waals surface area contributed by atoms with Gasteiger partial charge in [-0.05, 0) is 36.6 Å². The summed E-state index contributed by atoms with van der Waals surface area (Å²) in [6.45, 7) is 4.22. The first-order valence-electron chi connectivity index (χ1n) is 7.84. The van der Waals surface area contributed by atoms with Crippen molar-refractivity contribution in [1.29, 1.82) is 0 Å². The van der Waals surface area contributed by atoms with Gasteiger partial charge in [0.2, 0.25) is 0 Å². The number of fused-ring (bicyclic) bond motifs is 1. The molecule has 114 valence electrons. The van der Waals surface area contributed by atoms with Gasteiger partial charge in [0.1, 0.15) is 5.69 Å². The van der Waals surface area contributed by atoms with Crippen LogP contribution in [0.2, 0.25) is 0 Å². The van der Waals surface area contributed by atoms with Crippen LogP contribution in [0, 0.1) is 6.92 Å². The maximum absolute atomic E-state index is 4.69. The Kier molecular flexibility index (Phi) is 3.23. The summed E-state index contributed by atoms with van der Waals surface area (Å²) in [7, 11) is 0. The van der Waals surface area contributed by atoms with Gasteiger partial charge >= 0.3 is 0 Å². The highest BCUT2D eigenvalue weighted by atomic mass is 15.1. The van der Waals surface area contributed by atoms with Crippen molar-refractivity contribution in [2.45, 2.75) is 20.3 Å². The molecule has 0 aliphatic rings. The molecule has 0 radical (unpaired) electrons. The van der Waals surface area contributed by atoms with E-state index in [9.17, 15) is 0 Å². The van der Waals surface area contributed by atoms with E-state index in [1.165, 1.54) is 22.3 Å². The molecule has 0 saturated heterocycles. The topological polar surface area (TPSA) is 57.4 Å². The molecule has 0 aliphatic heterocycles. The van der Waals surface area contributed by atoms with Gasteiger partial charge in [0.25, 0.3) is 0 Å². The summed E-state index contributed by atoms with van der Waals surface area (Å²) in [4.78, 5) is 8.10. The van der Waals surface area contributed by atoms with Crippen LogP contribution in [0.4, 0.5) is 0 Å². The molecule has 4 rings (SSSR count). The summed E-state index contributed by atoms with van der Waals surface area (Å²) in [5, 5.41) is 7.17. The molecular weight excluding hydrogens is 284 g/mol. The van der Waals surface area contributed by atoms with E-state index in [1.54, 1.807) is 0 Å². The molecule has 4 heteroatoms. The third-order valence-corrected chi connectivity index (χ3v) is 4.20. The maximum atomic E-state index is 4.69. The molecule has 2 aromatic heterocycles. The zero-order chi connectivity index (χ0) is 15.8. The third-order valence-electron chi connectivity index (χ3n) is 4.20. The highest BCUT2D eigenvalue weighted by molar-refractivity contribution is 5.84. The van der Waals surface area contributed by atoms with Gasteiger partial charge in [-0.25, -0.2) is 4.98 Å². The van der Waals surface area contributed by atoms with Crippen molar-refractivity contribution < 1.29 is 0 Å². The van der Waals surface area contributed by atoms with Gasteiger partial charge in [0.15, 0.2) is 5.82 Å². The quantitative estimate of drug-likeness (QED) is 0.586. The van der Waals surface area contributed by atoms with Crippen molar-refractivity contribution in [3.05, 3.63) is 59.8 Å². The minimum Gasteiger partial charge on any atom is -0.337 e. The third kappa shape index (κ3) is 2.42. The lowest BCUT2D eigenvalue weighted by Gasteiger charge is -2.02. The average Bonchev–Trinajstić information content (AvgIpc) is 3.20. The molecule has 0 atom stereocenters. The SMILES string of the molecule is CCc1cn[nH]c1-c1nc2ccc(-c3ccc(C)cc3)cc2[nH]1. The Morgan fingerprint density at radius 2 is 1.78 bits per heavy atom. The fourth-order valence-electron chi connectivity index (χ4n) is 2.84. The Bertz CT molecular complexity index is 961. The van der Waals surface area contributed by atoms with Crippen molar-refractivity contribution in [3.8, 4) is 22.6 Å². The van der Waals surface area contributed by atoms with Crippen molar-refractivity contribution in [3.63, 3.8) is 0 Å². The van der Waals surface area contributed by atoms with E-state index in [0.29, 0.717) is 0 Å². The lowest BCUT2D eigenvalue weighted by atomic mass is 10.0. The molecule has 0 fully saturated rings. The van der Waals surface area contributed by atoms with E-state index in [4.69, 9.17) is 0 Å². The largest absolute Gasteiger partial charge is 0.337 e. The number of aromatic nitrogens is 4. The van der Waals surface area contributed by atoms with E-state index < -0.39 is 0 Å². The lowest BCUT2D eigenvalue weighted by Crippen LogP contribution is -1.86. The van der Waals surface area contributed by atoms with Gasteiger partial charge in [-0.1, -0.05) is 42.8 Å². The standard InChI is InChI=1S/C19H18N4/c1-3-13-11-20-23-18(13)19-21-16-9-8-15(10-17(16)22-19)14-6-4-12(2)5-7-14/h4-11H,3H2,1-2H3,(H,20,23)(H,21,22). The van der Waals surface area contributed by atoms with Gasteiger partial charge in [-0.15, -0.1) is 0 Å². The first kappa shape index (κ1) is 13.8. The lowest BCUT2D eigenvalue weighted by molar-refractivity contribution is 1.08. The van der Waals surface area contributed by atoms with Crippen LogP contribution in [0.25, 0.3) is 33.7 Å². The zero-order valence-corrected chi connectivity index (χ0v) is 13.2. The summed E-state index contributed by atoms with van der Waals surface area (Å²) < 4.78 is 0. The number of hydrogen-bond acceptors (Lipinski definition) is 2. The zero-order valence-electron chi connectivity index (χ0n) is 13.2. The second kappa shape index (κ2) is 5.39. The predicted octanol–water partition coefficient (Wildman–Crippen LogP) is 4.49. The first-order valence-corrected chi connectivity index (χ1v) is 7.84. The molecule has 0 amide bonds. The number of nitrogens with one attached hydrogen (secondary N) is 2. The number of nitrogens with zero attached hydrogens (tertiary/aromatic N) is 2. The Morgan fingerprint density at radius 3 is 2.57 bits per heavy atom. The number of aromatic amines is 2. The highest BCUT2D eigenvalue weighted by Crippen LogP contribution is 2.26. The van der Waals surface area contributed by atoms with Crippen LogP contribution in [-0.4, -0.2) is 20.2 Å². The van der Waals surface area contributed by atoms with Crippen LogP contribution >= 0.6 is 0 Å². The first-order chi connectivity index (χ1) is 11.2. The molecule has 0 saturated carbocycles. The molecular formula is C19H18N4. The van der Waals surface area contributed by atoms with Crippen LogP contribution in [0.1, 0.15) is 18.1 Å². The van der Waals surface area contributed by atoms with Gasteiger partial charge in [-0.3, -0.25) is 5.10 Å². The van der Waals surface area contributed by atoms with Gasteiger partial charge in [0, 0.05) is 5.56 Å². The summed E-state index contributed by atoms with van der Waals surface area (Å²) in [5.74, 6) is 0.843. The van der Waals surface area contributed by atoms with E-state index in [2.05, 4.69) is 76.5 Å².